The van der Waals surface area contributed by atoms with Crippen LogP contribution in [-0.2, 0) is 12.2 Å². The van der Waals surface area contributed by atoms with Gasteiger partial charge in [-0.2, -0.15) is 15.4 Å². The van der Waals surface area contributed by atoms with Crippen molar-refractivity contribution in [3.05, 3.63) is 46.7 Å². The van der Waals surface area contributed by atoms with E-state index >= 15 is 0 Å². The molecular weight excluding hydrogens is 352 g/mol. The van der Waals surface area contributed by atoms with Gasteiger partial charge >= 0.3 is 0 Å². The van der Waals surface area contributed by atoms with Crippen LogP contribution >= 0.6 is 23.1 Å². The van der Waals surface area contributed by atoms with Gasteiger partial charge < -0.3 is 0 Å². The summed E-state index contributed by atoms with van der Waals surface area (Å²) in [6.45, 7) is 4.32. The van der Waals surface area contributed by atoms with Crippen LogP contribution in [0.15, 0.2) is 34.8 Å². The number of Topliss-reactive ketones (excluding diaryl/α,β-unsaturated/α-hetero) is 1. The average Bonchev–Trinajstić information content (AvgIpc) is 3.25. The highest BCUT2D eigenvalue weighted by Gasteiger charge is 2.34. The summed E-state index contributed by atoms with van der Waals surface area (Å²) in [6.07, 6.45) is 5.00. The molecule has 7 heteroatoms. The lowest BCUT2D eigenvalue weighted by Gasteiger charge is -2.32. The van der Waals surface area contributed by atoms with Gasteiger partial charge in [0.25, 0.3) is 0 Å². The molecular formula is C18H18N4OS2. The largest absolute Gasteiger partial charge is 0.294 e. The minimum atomic E-state index is -0.0223. The summed E-state index contributed by atoms with van der Waals surface area (Å²) < 4.78 is 0. The Balaban J connectivity index is 1.78. The number of H-pyrrole nitrogens is 1. The second-order valence-electron chi connectivity index (χ2n) is 6.99. The van der Waals surface area contributed by atoms with E-state index in [1.54, 1.807) is 29.3 Å². The van der Waals surface area contributed by atoms with E-state index in [1.807, 2.05) is 11.6 Å². The Kier molecular flexibility index (Phi) is 4.21. The molecule has 0 radical (unpaired) electrons. The molecule has 1 aromatic carbocycles. The number of ketones is 1. The smallest absolute Gasteiger partial charge is 0.164 e. The molecule has 0 atom stereocenters. The van der Waals surface area contributed by atoms with Crippen LogP contribution in [0.3, 0.4) is 0 Å². The molecule has 0 saturated heterocycles. The molecule has 1 N–H and O–H groups in total. The molecule has 2 heterocycles. The van der Waals surface area contributed by atoms with Crippen LogP contribution in [0.1, 0.15) is 41.9 Å². The topological polar surface area (TPSA) is 71.5 Å². The van der Waals surface area contributed by atoms with Crippen LogP contribution in [0.4, 0.5) is 0 Å². The summed E-state index contributed by atoms with van der Waals surface area (Å²) in [4.78, 5) is 18.4. The van der Waals surface area contributed by atoms with E-state index in [9.17, 15) is 4.79 Å². The highest BCUT2D eigenvalue weighted by Crippen LogP contribution is 2.43. The summed E-state index contributed by atoms with van der Waals surface area (Å²) in [5, 5.41) is 13.5. The summed E-state index contributed by atoms with van der Waals surface area (Å²) in [5.74, 6) is 0.920. The first-order chi connectivity index (χ1) is 12.0. The van der Waals surface area contributed by atoms with Crippen LogP contribution in [0, 0.1) is 5.41 Å². The van der Waals surface area contributed by atoms with Crippen molar-refractivity contribution in [1.29, 1.82) is 0 Å². The Bertz CT molecular complexity index is 902. The minimum absolute atomic E-state index is 0.0223. The van der Waals surface area contributed by atoms with Crippen molar-refractivity contribution in [3.63, 3.8) is 0 Å². The van der Waals surface area contributed by atoms with E-state index in [1.165, 1.54) is 0 Å². The van der Waals surface area contributed by atoms with Crippen molar-refractivity contribution in [2.45, 2.75) is 37.3 Å². The second-order valence-corrected chi connectivity index (χ2v) is 8.90. The lowest BCUT2D eigenvalue weighted by Crippen LogP contribution is -2.28. The molecule has 3 aromatic rings. The zero-order chi connectivity index (χ0) is 17.4. The Labute approximate surface area is 154 Å². The number of aromatic nitrogens is 4. The van der Waals surface area contributed by atoms with E-state index in [0.29, 0.717) is 12.2 Å². The molecule has 25 heavy (non-hydrogen) atoms. The maximum Gasteiger partial charge on any atom is 0.164 e. The number of nitrogens with one attached hydrogen (secondary N) is 1. The van der Waals surface area contributed by atoms with E-state index in [-0.39, 0.29) is 11.2 Å². The first kappa shape index (κ1) is 16.5. The molecule has 0 amide bonds. The summed E-state index contributed by atoms with van der Waals surface area (Å²) in [7, 11) is 0. The third-order valence-electron chi connectivity index (χ3n) is 4.35. The number of hydrogen-bond acceptors (Lipinski definition) is 6. The van der Waals surface area contributed by atoms with E-state index in [2.05, 4.69) is 46.4 Å². The molecule has 0 aliphatic heterocycles. The third kappa shape index (κ3) is 3.26. The second kappa shape index (κ2) is 6.38. The lowest BCUT2D eigenvalue weighted by atomic mass is 9.72. The molecule has 1 aliphatic rings. The number of rotatable bonds is 4. The number of thiazole rings is 1. The van der Waals surface area contributed by atoms with Crippen LogP contribution in [0.5, 0.6) is 0 Å². The number of aromatic amines is 1. The van der Waals surface area contributed by atoms with Gasteiger partial charge in [0.05, 0.1) is 11.9 Å². The van der Waals surface area contributed by atoms with E-state index in [4.69, 9.17) is 0 Å². The number of fused-ring (bicyclic) bond motifs is 1. The molecule has 0 unspecified atom stereocenters. The maximum atomic E-state index is 12.9. The highest BCUT2D eigenvalue weighted by molar-refractivity contribution is 7.98. The fourth-order valence-electron chi connectivity index (χ4n) is 3.30. The number of nitrogens with zero attached hydrogens (tertiary/aromatic N) is 3. The average molecular weight is 371 g/mol. The monoisotopic (exact) mass is 370 g/mol. The van der Waals surface area contributed by atoms with Crippen LogP contribution < -0.4 is 0 Å². The predicted octanol–water partition coefficient (Wildman–Crippen LogP) is 4.38. The fourth-order valence-corrected chi connectivity index (χ4v) is 4.98. The molecule has 0 bridgehead atoms. The summed E-state index contributed by atoms with van der Waals surface area (Å²) >= 11 is 3.26. The summed E-state index contributed by atoms with van der Waals surface area (Å²) in [5.41, 5.74) is 3.97. The van der Waals surface area contributed by atoms with Crippen molar-refractivity contribution >= 4 is 28.9 Å². The summed E-state index contributed by atoms with van der Waals surface area (Å²) in [6, 6.07) is 4.16. The molecule has 0 fully saturated rings. The molecule has 128 valence electrons. The lowest BCUT2D eigenvalue weighted by molar-refractivity contribution is 0.0909. The molecule has 2 aromatic heterocycles. The first-order valence-electron chi connectivity index (χ1n) is 8.10. The number of hydrogen-bond donors (Lipinski definition) is 1. The highest BCUT2D eigenvalue weighted by atomic mass is 32.2. The van der Waals surface area contributed by atoms with Gasteiger partial charge in [-0.25, -0.2) is 4.98 Å². The number of thioether (sulfide) groups is 1. The minimum Gasteiger partial charge on any atom is -0.294 e. The SMILES string of the molecule is CC1(C)CC(=O)c2c(SCc3cn[nH]n3)ccc(-c3nccs3)c2C1. The Morgan fingerprint density at radius 3 is 2.92 bits per heavy atom. The van der Waals surface area contributed by atoms with Crippen molar-refractivity contribution in [2.24, 2.45) is 5.41 Å². The number of carbonyl (C=O) groups is 1. The normalized spacial score (nSPS) is 16.0. The third-order valence-corrected chi connectivity index (χ3v) is 6.25. The van der Waals surface area contributed by atoms with Gasteiger partial charge in [-0.1, -0.05) is 19.9 Å². The maximum absolute atomic E-state index is 12.9. The van der Waals surface area contributed by atoms with E-state index < -0.39 is 0 Å². The Morgan fingerprint density at radius 2 is 2.20 bits per heavy atom. The molecule has 4 rings (SSSR count). The Hall–Kier alpha value is -1.99. The van der Waals surface area contributed by atoms with E-state index in [0.717, 1.165) is 38.7 Å². The zero-order valence-corrected chi connectivity index (χ0v) is 15.7. The van der Waals surface area contributed by atoms with Gasteiger partial charge in [0.2, 0.25) is 0 Å². The molecule has 0 saturated carbocycles. The quantitative estimate of drug-likeness (QED) is 0.690. The van der Waals surface area contributed by atoms with Gasteiger partial charge in [0, 0.05) is 39.8 Å². The standard InChI is InChI=1S/C18H18N4OS2/c1-18(2)7-13-12(17-19-5-6-24-17)3-4-15(16(13)14(23)8-18)25-10-11-9-20-22-21-11/h3-6,9H,7-8,10H2,1-2H3,(H,20,21,22). The zero-order valence-electron chi connectivity index (χ0n) is 14.1. The van der Waals surface area contributed by atoms with Gasteiger partial charge in [0.15, 0.2) is 5.78 Å². The van der Waals surface area contributed by atoms with Gasteiger partial charge in [-0.05, 0) is 23.5 Å². The molecule has 5 nitrogen and oxygen atoms in total. The van der Waals surface area contributed by atoms with Crippen LogP contribution in [-0.4, -0.2) is 26.2 Å². The van der Waals surface area contributed by atoms with Crippen LogP contribution in [0.2, 0.25) is 0 Å². The van der Waals surface area contributed by atoms with Crippen molar-refractivity contribution in [1.82, 2.24) is 20.4 Å². The molecule has 1 aliphatic carbocycles. The first-order valence-corrected chi connectivity index (χ1v) is 9.96. The Morgan fingerprint density at radius 1 is 1.32 bits per heavy atom. The van der Waals surface area contributed by atoms with Crippen molar-refractivity contribution in [3.8, 4) is 10.6 Å². The number of carbonyl (C=O) groups excluding carboxylic acids is 1. The van der Waals surface area contributed by atoms with Crippen molar-refractivity contribution in [2.75, 3.05) is 0 Å². The van der Waals surface area contributed by atoms with Crippen molar-refractivity contribution < 1.29 is 4.79 Å². The van der Waals surface area contributed by atoms with Gasteiger partial charge in [-0.3, -0.25) is 4.79 Å². The predicted molar refractivity (Wildman–Crippen MR) is 99.9 cm³/mol. The molecule has 0 spiro atoms. The fraction of sp³-hybridized carbons (Fsp3) is 0.333. The van der Waals surface area contributed by atoms with Gasteiger partial charge in [0.1, 0.15) is 5.01 Å². The number of benzene rings is 1. The van der Waals surface area contributed by atoms with Crippen LogP contribution in [0.25, 0.3) is 10.6 Å². The van der Waals surface area contributed by atoms with Gasteiger partial charge in [-0.15, -0.1) is 23.1 Å².